The van der Waals surface area contributed by atoms with Gasteiger partial charge in [0.1, 0.15) is 0 Å². The molecule has 0 radical (unpaired) electrons. The molecule has 0 rings (SSSR count). The van der Waals surface area contributed by atoms with Gasteiger partial charge in [-0.3, -0.25) is 0 Å². The van der Waals surface area contributed by atoms with E-state index in [4.69, 9.17) is 0 Å². The van der Waals surface area contributed by atoms with Crippen molar-refractivity contribution in [3.05, 3.63) is 0 Å². The van der Waals surface area contributed by atoms with E-state index in [1.165, 1.54) is 0 Å². The van der Waals surface area contributed by atoms with Gasteiger partial charge in [-0.05, 0) is 11.0 Å². The van der Waals surface area contributed by atoms with E-state index in [0.29, 0.717) is 0 Å². The van der Waals surface area contributed by atoms with Crippen molar-refractivity contribution in [2.24, 2.45) is 0 Å². The molecule has 0 heterocycles. The summed E-state index contributed by atoms with van der Waals surface area (Å²) in [5.74, 6) is 0. The molecular weight excluding hydrogens is 261 g/mol. The molecule has 0 N–H and O–H groups in total. The largest absolute Gasteiger partial charge is 0.0149 e. The van der Waals surface area contributed by atoms with E-state index in [1.54, 1.807) is 0 Å². The monoisotopic (exact) mass is 266 g/mol. The van der Waals surface area contributed by atoms with Gasteiger partial charge in [-0.1, -0.05) is 0 Å². The third-order valence-corrected chi connectivity index (χ3v) is 0. The molecule has 0 saturated heterocycles. The molecule has 0 fully saturated rings. The first-order valence-corrected chi connectivity index (χ1v) is 14.4. The van der Waals surface area contributed by atoms with Crippen LogP contribution in [0.1, 0.15) is 0 Å². The number of rotatable bonds is 0. The van der Waals surface area contributed by atoms with E-state index in [-0.39, 0.29) is 22.7 Å². The minimum absolute atomic E-state index is 0. The summed E-state index contributed by atoms with van der Waals surface area (Å²) in [5.41, 5.74) is 0. The first kappa shape index (κ1) is 9.21. The quantitative estimate of drug-likeness (QED) is 0.510. The molecule has 0 atom stereocenters. The normalized spacial score (nSPS) is 4.50. The summed E-state index contributed by atoms with van der Waals surface area (Å²) in [7, 11) is 0. The van der Waals surface area contributed by atoms with Crippen LogP contribution in [0.4, 0.5) is 0 Å². The molecule has 0 aliphatic heterocycles. The molecule has 0 nitrogen and oxygen atoms in total. The second-order valence-electron chi connectivity index (χ2n) is 0.101. The van der Waals surface area contributed by atoms with Crippen LogP contribution >= 0.6 is 28.0 Å². The third-order valence-electron chi connectivity index (χ3n) is 0. The maximum Gasteiger partial charge on any atom is -0.0149 e. The predicted octanol–water partition coefficient (Wildman–Crippen LogP) is -0.677. The maximum atomic E-state index is 3.25. The van der Waals surface area contributed by atoms with Crippen molar-refractivity contribution in [3.63, 3.8) is 0 Å². The van der Waals surface area contributed by atoms with Crippen LogP contribution in [0.5, 0.6) is 0 Å². The summed E-state index contributed by atoms with van der Waals surface area (Å²) < 4.78 is 0. The minimum Gasteiger partial charge on any atom is -0.0149 e. The Morgan fingerprint density at radius 2 is 1.25 bits per heavy atom. The molecule has 0 saturated carbocycles. The molecule has 0 unspecified atom stereocenters. The van der Waals surface area contributed by atoms with E-state index >= 15 is 0 Å². The summed E-state index contributed by atoms with van der Waals surface area (Å²) in [5, 5.41) is 0. The van der Waals surface area contributed by atoms with Crippen LogP contribution in [0, 0.1) is 0 Å². The van der Waals surface area contributed by atoms with Crippen LogP contribution in [0.2, 0.25) is 0 Å². The summed E-state index contributed by atoms with van der Waals surface area (Å²) in [6.07, 6.45) is 0. The summed E-state index contributed by atoms with van der Waals surface area (Å²) in [4.78, 5) is 0. The maximum absolute atomic E-state index is 3.25. The van der Waals surface area contributed by atoms with Crippen LogP contribution in [-0.4, -0.2) is 22.7 Å². The van der Waals surface area contributed by atoms with Crippen molar-refractivity contribution < 1.29 is 0 Å². The molecule has 0 amide bonds. The number of halogens is 2. The summed E-state index contributed by atoms with van der Waals surface area (Å²) in [6.45, 7) is 0. The fourth-order valence-corrected chi connectivity index (χ4v) is 0. The van der Waals surface area contributed by atoms with Gasteiger partial charge in [0, 0.05) is 0 Å². The van der Waals surface area contributed by atoms with Gasteiger partial charge >= 0.3 is 39.8 Å². The second kappa shape index (κ2) is 8.83. The Bertz CT molecular complexity index is 6.00. The Morgan fingerprint density at radius 3 is 1.25 bits per heavy atom. The first-order chi connectivity index (χ1) is 1.41. The molecule has 0 aromatic heterocycles. The molecule has 0 spiro atoms. The second-order valence-corrected chi connectivity index (χ2v) is 14.2. The van der Waals surface area contributed by atoms with Crippen LogP contribution in [0.25, 0.3) is 0 Å². The number of hydrogen-bond donors (Lipinski definition) is 0. The van der Waals surface area contributed by atoms with Crippen molar-refractivity contribution in [1.82, 2.24) is 0 Å². The summed E-state index contributed by atoms with van der Waals surface area (Å²) >= 11 is 6.25. The topological polar surface area (TPSA) is 0 Å². The van der Waals surface area contributed by atoms with Crippen LogP contribution < -0.4 is 0 Å². The Balaban J connectivity index is 0. The van der Waals surface area contributed by atoms with Gasteiger partial charge in [-0.25, -0.2) is 0 Å². The van der Waals surface area contributed by atoms with Gasteiger partial charge in [0.05, 0.1) is 0 Å². The molecular formula is H6Br2GeSi. The van der Waals surface area contributed by atoms with Crippen molar-refractivity contribution in [2.75, 3.05) is 0 Å². The Kier molecular flexibility index (Phi) is 20.3. The molecule has 0 aromatic rings. The summed E-state index contributed by atoms with van der Waals surface area (Å²) in [6, 6.07) is 0. The van der Waals surface area contributed by atoms with Gasteiger partial charge in [0.15, 0.2) is 0 Å². The molecule has 4 heteroatoms. The average molecular weight is 267 g/mol. The van der Waals surface area contributed by atoms with E-state index in [1.807, 2.05) is 0 Å². The van der Waals surface area contributed by atoms with Gasteiger partial charge < -0.3 is 0 Å². The zero-order valence-electron chi connectivity index (χ0n) is 1.46. The van der Waals surface area contributed by atoms with Crippen molar-refractivity contribution in [3.8, 4) is 0 Å². The first-order valence-electron chi connectivity index (χ1n) is 0.535. The van der Waals surface area contributed by atoms with E-state index in [2.05, 4.69) is 28.0 Å². The molecule has 0 aliphatic rings. The fourth-order valence-electron chi connectivity index (χ4n) is 0. The molecule has 0 bridgehead atoms. The van der Waals surface area contributed by atoms with Crippen LogP contribution in [0.15, 0.2) is 0 Å². The van der Waals surface area contributed by atoms with Gasteiger partial charge in [-0.15, -0.1) is 0 Å². The standard InChI is InChI=1S/Br2GeH2.H4Si/c1-3-2;/h3H2;1H4. The molecule has 0 aromatic carbocycles. The van der Waals surface area contributed by atoms with Crippen molar-refractivity contribution in [2.45, 2.75) is 0 Å². The van der Waals surface area contributed by atoms with Gasteiger partial charge in [0.25, 0.3) is 0 Å². The molecule has 0 aliphatic carbocycles. The SMILES string of the molecule is [Br][GeH2][Br].[SiH4]. The average Bonchev–Trinajstić information content (AvgIpc) is 0.918. The Hall–Kier alpha value is 1.72. The Labute approximate surface area is 50.5 Å². The zero-order valence-corrected chi connectivity index (χ0v) is 7.60. The Morgan fingerprint density at radius 1 is 1.25 bits per heavy atom. The fraction of sp³-hybridized carbons (Fsp3) is 0. The van der Waals surface area contributed by atoms with Gasteiger partial charge in [-0.2, -0.15) is 0 Å². The van der Waals surface area contributed by atoms with E-state index in [0.717, 1.165) is 0 Å². The van der Waals surface area contributed by atoms with E-state index < -0.39 is 0 Å². The predicted molar refractivity (Wildman–Crippen MR) is 37.7 cm³/mol. The number of hydrogen-bond acceptors (Lipinski definition) is 0. The van der Waals surface area contributed by atoms with Crippen molar-refractivity contribution in [1.29, 1.82) is 0 Å². The van der Waals surface area contributed by atoms with E-state index in [9.17, 15) is 0 Å². The molecule has 28 valence electrons. The van der Waals surface area contributed by atoms with Crippen LogP contribution in [-0.2, 0) is 0 Å². The van der Waals surface area contributed by atoms with Crippen LogP contribution in [0.3, 0.4) is 0 Å². The third kappa shape index (κ3) is 9.30. The molecule has 4 heavy (non-hydrogen) atoms. The minimum atomic E-state index is -0.250. The zero-order chi connectivity index (χ0) is 2.71. The van der Waals surface area contributed by atoms with Gasteiger partial charge in [0.2, 0.25) is 0 Å². The van der Waals surface area contributed by atoms with Crippen molar-refractivity contribution >= 4 is 50.7 Å². The smallest absolute Gasteiger partial charge is 0.0149 e.